The Morgan fingerprint density at radius 2 is 2.24 bits per heavy atom. The Labute approximate surface area is 108 Å². The van der Waals surface area contributed by atoms with E-state index in [0.29, 0.717) is 17.5 Å². The molecule has 90 valence electrons. The minimum Gasteiger partial charge on any atom is -0.366 e. The van der Waals surface area contributed by atoms with Gasteiger partial charge in [0.1, 0.15) is 5.82 Å². The van der Waals surface area contributed by atoms with Crippen molar-refractivity contribution in [1.82, 2.24) is 8.75 Å². The van der Waals surface area contributed by atoms with Gasteiger partial charge >= 0.3 is 0 Å². The lowest BCUT2D eigenvalue weighted by Crippen LogP contribution is -2.06. The normalized spacial score (nSPS) is 10.5. The quantitative estimate of drug-likeness (QED) is 0.927. The molecule has 3 nitrogen and oxygen atoms in total. The zero-order chi connectivity index (χ0) is 12.3. The van der Waals surface area contributed by atoms with Crippen LogP contribution in [0, 0.1) is 12.7 Å². The van der Waals surface area contributed by atoms with Crippen molar-refractivity contribution >= 4 is 29.1 Å². The van der Waals surface area contributed by atoms with Gasteiger partial charge in [0.05, 0.1) is 11.7 Å². The highest BCUT2D eigenvalue weighted by molar-refractivity contribution is 6.99. The summed E-state index contributed by atoms with van der Waals surface area (Å²) in [6, 6.07) is 4.81. The van der Waals surface area contributed by atoms with E-state index in [4.69, 9.17) is 11.6 Å². The van der Waals surface area contributed by atoms with Crippen LogP contribution in [0.25, 0.3) is 0 Å². The van der Waals surface area contributed by atoms with E-state index < -0.39 is 0 Å². The predicted octanol–water partition coefficient (Wildman–Crippen LogP) is 3.29. The van der Waals surface area contributed by atoms with E-state index in [0.717, 1.165) is 29.3 Å². The molecule has 2 rings (SSSR count). The van der Waals surface area contributed by atoms with E-state index in [2.05, 4.69) is 14.1 Å². The van der Waals surface area contributed by atoms with Crippen LogP contribution in [0.15, 0.2) is 18.2 Å². The van der Waals surface area contributed by atoms with Crippen molar-refractivity contribution in [2.24, 2.45) is 0 Å². The third kappa shape index (κ3) is 3.14. The van der Waals surface area contributed by atoms with Gasteiger partial charge in [0.2, 0.25) is 0 Å². The topological polar surface area (TPSA) is 37.8 Å². The number of rotatable bonds is 4. The molecule has 1 N–H and O–H groups in total. The maximum absolute atomic E-state index is 12.9. The number of nitrogens with one attached hydrogen (secondary N) is 1. The van der Waals surface area contributed by atoms with E-state index in [9.17, 15) is 4.39 Å². The first-order valence-corrected chi connectivity index (χ1v) is 6.24. The Morgan fingerprint density at radius 3 is 2.88 bits per heavy atom. The Hall–Kier alpha value is -1.20. The Kier molecular flexibility index (Phi) is 3.91. The molecule has 0 saturated carbocycles. The minimum atomic E-state index is -0.203. The Balaban J connectivity index is 1.92. The molecule has 1 aromatic carbocycles. The van der Waals surface area contributed by atoms with Gasteiger partial charge < -0.3 is 5.32 Å². The molecular formula is C11H11ClFN3S. The molecule has 0 bridgehead atoms. The van der Waals surface area contributed by atoms with Gasteiger partial charge in [0, 0.05) is 6.54 Å². The highest BCUT2D eigenvalue weighted by atomic mass is 35.5. The summed E-state index contributed by atoms with van der Waals surface area (Å²) in [6.07, 6.45) is 0.792. The van der Waals surface area contributed by atoms with Crippen LogP contribution in [-0.2, 0) is 6.42 Å². The lowest BCUT2D eigenvalue weighted by molar-refractivity contribution is 0.625. The number of nitrogens with zero attached hydrogens (tertiary/aromatic N) is 2. The fraction of sp³-hybridized carbons (Fsp3) is 0.273. The minimum absolute atomic E-state index is 0.203. The summed E-state index contributed by atoms with van der Waals surface area (Å²) in [4.78, 5) is 0. The highest BCUT2D eigenvalue weighted by Crippen LogP contribution is 2.18. The monoisotopic (exact) mass is 271 g/mol. The first-order valence-electron chi connectivity index (χ1n) is 5.14. The number of benzene rings is 1. The average molecular weight is 272 g/mol. The number of aryl methyl sites for hydroxylation is 1. The zero-order valence-corrected chi connectivity index (χ0v) is 10.8. The lowest BCUT2D eigenvalue weighted by Gasteiger charge is -2.06. The molecule has 0 saturated heterocycles. The Bertz CT molecular complexity index is 515. The van der Waals surface area contributed by atoms with Crippen LogP contribution in [0.2, 0.25) is 5.15 Å². The smallest absolute Gasteiger partial charge is 0.186 e. The second-order valence-electron chi connectivity index (χ2n) is 3.65. The van der Waals surface area contributed by atoms with Crippen LogP contribution in [0.4, 0.5) is 10.2 Å². The molecule has 0 aliphatic carbocycles. The lowest BCUT2D eigenvalue weighted by atomic mass is 10.1. The molecule has 0 amide bonds. The molecule has 0 spiro atoms. The van der Waals surface area contributed by atoms with E-state index in [1.165, 1.54) is 12.1 Å². The standard InChI is InChI=1S/C11H11ClFN3S/c1-7-6-9(13)3-2-8(7)4-5-14-11-10(12)15-17-16-11/h2-3,6H,4-5H2,1H3,(H,14,16). The summed E-state index contributed by atoms with van der Waals surface area (Å²) >= 11 is 6.87. The number of aromatic nitrogens is 2. The van der Waals surface area contributed by atoms with Gasteiger partial charge in [0.15, 0.2) is 11.0 Å². The second kappa shape index (κ2) is 5.42. The van der Waals surface area contributed by atoms with E-state index in [1.54, 1.807) is 6.07 Å². The van der Waals surface area contributed by atoms with Gasteiger partial charge in [-0.2, -0.15) is 8.75 Å². The summed E-state index contributed by atoms with van der Waals surface area (Å²) in [5, 5.41) is 3.49. The van der Waals surface area contributed by atoms with Gasteiger partial charge in [-0.3, -0.25) is 0 Å². The van der Waals surface area contributed by atoms with Crippen molar-refractivity contribution < 1.29 is 4.39 Å². The number of hydrogen-bond donors (Lipinski definition) is 1. The molecule has 0 radical (unpaired) electrons. The third-order valence-electron chi connectivity index (χ3n) is 2.44. The van der Waals surface area contributed by atoms with Gasteiger partial charge in [0.25, 0.3) is 0 Å². The molecule has 6 heteroatoms. The molecule has 0 aliphatic rings. The first kappa shape index (κ1) is 12.3. The molecule has 0 atom stereocenters. The van der Waals surface area contributed by atoms with Crippen LogP contribution in [-0.4, -0.2) is 15.3 Å². The molecule has 17 heavy (non-hydrogen) atoms. The summed E-state index contributed by atoms with van der Waals surface area (Å²) in [6.45, 7) is 2.59. The predicted molar refractivity (Wildman–Crippen MR) is 68.2 cm³/mol. The van der Waals surface area contributed by atoms with Crippen molar-refractivity contribution in [3.8, 4) is 0 Å². The van der Waals surface area contributed by atoms with Crippen LogP contribution >= 0.6 is 23.3 Å². The molecular weight excluding hydrogens is 261 g/mol. The molecule has 1 heterocycles. The van der Waals surface area contributed by atoms with E-state index >= 15 is 0 Å². The van der Waals surface area contributed by atoms with Gasteiger partial charge in [-0.05, 0) is 36.6 Å². The maximum Gasteiger partial charge on any atom is 0.186 e. The SMILES string of the molecule is Cc1cc(F)ccc1CCNc1nsnc1Cl. The van der Waals surface area contributed by atoms with Gasteiger partial charge in [-0.15, -0.1) is 0 Å². The fourth-order valence-electron chi connectivity index (χ4n) is 1.54. The van der Waals surface area contributed by atoms with E-state index in [-0.39, 0.29) is 5.82 Å². The van der Waals surface area contributed by atoms with Gasteiger partial charge in [-0.1, -0.05) is 17.7 Å². The van der Waals surface area contributed by atoms with Gasteiger partial charge in [-0.25, -0.2) is 4.39 Å². The number of anilines is 1. The first-order chi connectivity index (χ1) is 8.16. The largest absolute Gasteiger partial charge is 0.366 e. The van der Waals surface area contributed by atoms with Crippen LogP contribution < -0.4 is 5.32 Å². The summed E-state index contributed by atoms with van der Waals surface area (Å²) in [5.74, 6) is 0.405. The van der Waals surface area contributed by atoms with Crippen molar-refractivity contribution in [2.75, 3.05) is 11.9 Å². The summed E-state index contributed by atoms with van der Waals surface area (Å²) < 4.78 is 20.8. The van der Waals surface area contributed by atoms with Crippen molar-refractivity contribution in [1.29, 1.82) is 0 Å². The molecule has 0 fully saturated rings. The molecule has 1 aromatic heterocycles. The van der Waals surface area contributed by atoms with Crippen LogP contribution in [0.3, 0.4) is 0 Å². The molecule has 0 unspecified atom stereocenters. The Morgan fingerprint density at radius 1 is 1.41 bits per heavy atom. The average Bonchev–Trinajstić information content (AvgIpc) is 2.68. The van der Waals surface area contributed by atoms with Crippen molar-refractivity contribution in [2.45, 2.75) is 13.3 Å². The maximum atomic E-state index is 12.9. The molecule has 2 aromatic rings. The van der Waals surface area contributed by atoms with Crippen LogP contribution in [0.1, 0.15) is 11.1 Å². The zero-order valence-electron chi connectivity index (χ0n) is 9.20. The summed E-state index contributed by atoms with van der Waals surface area (Å²) in [7, 11) is 0. The van der Waals surface area contributed by atoms with Crippen molar-refractivity contribution in [3.63, 3.8) is 0 Å². The molecule has 0 aliphatic heterocycles. The second-order valence-corrected chi connectivity index (χ2v) is 4.54. The summed E-state index contributed by atoms with van der Waals surface area (Å²) in [5.41, 5.74) is 2.06. The van der Waals surface area contributed by atoms with E-state index in [1.807, 2.05) is 6.92 Å². The highest BCUT2D eigenvalue weighted by Gasteiger charge is 2.04. The third-order valence-corrected chi connectivity index (χ3v) is 3.33. The number of hydrogen-bond acceptors (Lipinski definition) is 4. The fourth-order valence-corrected chi connectivity index (χ4v) is 2.22. The number of halogens is 2. The van der Waals surface area contributed by atoms with Crippen LogP contribution in [0.5, 0.6) is 0 Å². The van der Waals surface area contributed by atoms with Crippen molar-refractivity contribution in [3.05, 3.63) is 40.3 Å².